The largest absolute Gasteiger partial charge is 0.372 e. The second-order valence-corrected chi connectivity index (χ2v) is 9.67. The fourth-order valence-electron chi connectivity index (χ4n) is 5.39. The molecule has 0 saturated carbocycles. The topological polar surface area (TPSA) is 41.5 Å². The smallest absolute Gasteiger partial charge is 0.160 e. The zero-order valence-electron chi connectivity index (χ0n) is 15.3. The van der Waals surface area contributed by atoms with Gasteiger partial charge in [-0.05, 0) is 56.1 Å². The van der Waals surface area contributed by atoms with Crippen molar-refractivity contribution in [2.24, 2.45) is 16.3 Å². The van der Waals surface area contributed by atoms with Gasteiger partial charge >= 0.3 is 0 Å². The van der Waals surface area contributed by atoms with Gasteiger partial charge in [0.2, 0.25) is 0 Å². The third-order valence-electron chi connectivity index (χ3n) is 6.51. The molecule has 1 aromatic heterocycles. The number of anilines is 1. The molecule has 0 radical (unpaired) electrons. The minimum Gasteiger partial charge on any atom is -0.372 e. The Morgan fingerprint density at radius 1 is 1.32 bits per heavy atom. The van der Waals surface area contributed by atoms with Crippen LogP contribution in [0.2, 0.25) is 0 Å². The first-order valence-electron chi connectivity index (χ1n) is 9.75. The molecule has 0 fully saturated rings. The van der Waals surface area contributed by atoms with Crippen LogP contribution in [0.15, 0.2) is 16.6 Å². The zero-order chi connectivity index (χ0) is 17.3. The van der Waals surface area contributed by atoms with Gasteiger partial charge in [0.05, 0.1) is 16.1 Å². The van der Waals surface area contributed by atoms with Crippen LogP contribution in [0.3, 0.4) is 0 Å². The first kappa shape index (κ1) is 15.8. The number of aliphatic imine (C=N–C) groups is 1. The molecule has 4 heteroatoms. The molecule has 4 aliphatic rings. The zero-order valence-corrected chi connectivity index (χ0v) is 16.1. The van der Waals surface area contributed by atoms with E-state index >= 15 is 0 Å². The number of nitrogens with zero attached hydrogens (tertiary/aromatic N) is 1. The van der Waals surface area contributed by atoms with E-state index in [1.54, 1.807) is 10.4 Å². The van der Waals surface area contributed by atoms with Crippen molar-refractivity contribution in [3.05, 3.63) is 27.7 Å². The Morgan fingerprint density at radius 3 is 2.92 bits per heavy atom. The van der Waals surface area contributed by atoms with Crippen LogP contribution in [0, 0.1) is 11.3 Å². The van der Waals surface area contributed by atoms with Gasteiger partial charge in [-0.2, -0.15) is 0 Å². The Hall–Kier alpha value is -1.42. The second-order valence-electron chi connectivity index (χ2n) is 8.56. The van der Waals surface area contributed by atoms with Crippen molar-refractivity contribution in [2.75, 3.05) is 5.32 Å². The van der Waals surface area contributed by atoms with E-state index in [-0.39, 0.29) is 17.4 Å². The maximum atomic E-state index is 12.7. The van der Waals surface area contributed by atoms with Gasteiger partial charge in [0, 0.05) is 28.9 Å². The Labute approximate surface area is 153 Å². The van der Waals surface area contributed by atoms with Gasteiger partial charge in [-0.3, -0.25) is 9.79 Å². The summed E-state index contributed by atoms with van der Waals surface area (Å²) in [5.41, 5.74) is 5.21. The molecule has 0 saturated heterocycles. The summed E-state index contributed by atoms with van der Waals surface area (Å²) in [6, 6.07) is 0.515. The van der Waals surface area contributed by atoms with Gasteiger partial charge in [0.25, 0.3) is 0 Å². The molecule has 2 aliphatic carbocycles. The van der Waals surface area contributed by atoms with Gasteiger partial charge < -0.3 is 5.32 Å². The second kappa shape index (κ2) is 5.29. The Bertz CT molecular complexity index is 831. The molecule has 3 unspecified atom stereocenters. The van der Waals surface area contributed by atoms with E-state index in [0.717, 1.165) is 12.0 Å². The van der Waals surface area contributed by atoms with Crippen molar-refractivity contribution in [3.8, 4) is 0 Å². The van der Waals surface area contributed by atoms with Gasteiger partial charge in [0.1, 0.15) is 0 Å². The minimum absolute atomic E-state index is 0.0772. The average molecular weight is 355 g/mol. The van der Waals surface area contributed by atoms with E-state index in [1.165, 1.54) is 42.0 Å². The molecule has 3 atom stereocenters. The number of rotatable bonds is 1. The quantitative estimate of drug-likeness (QED) is 0.804. The summed E-state index contributed by atoms with van der Waals surface area (Å²) < 4.78 is 0. The third-order valence-corrected chi connectivity index (χ3v) is 7.73. The summed E-state index contributed by atoms with van der Waals surface area (Å²) in [4.78, 5) is 19.4. The Morgan fingerprint density at radius 2 is 2.12 bits per heavy atom. The molecule has 3 heterocycles. The van der Waals surface area contributed by atoms with E-state index < -0.39 is 0 Å². The maximum absolute atomic E-state index is 12.7. The summed E-state index contributed by atoms with van der Waals surface area (Å²) in [6.07, 6.45) is 8.96. The van der Waals surface area contributed by atoms with Crippen molar-refractivity contribution >= 4 is 27.8 Å². The molecule has 1 aromatic rings. The molecule has 0 bridgehead atoms. The Kier molecular flexibility index (Phi) is 3.35. The SMILES string of the molecule is CC1CC23C=C(C(C)C)C(=O)CC2Nc2sc4c(c2C3=N1)CCCC4. The maximum Gasteiger partial charge on any atom is 0.160 e. The van der Waals surface area contributed by atoms with Crippen LogP contribution in [-0.4, -0.2) is 23.6 Å². The highest BCUT2D eigenvalue weighted by Crippen LogP contribution is 2.54. The van der Waals surface area contributed by atoms with Crippen molar-refractivity contribution < 1.29 is 4.79 Å². The average Bonchev–Trinajstić information content (AvgIpc) is 3.08. The molecule has 25 heavy (non-hydrogen) atoms. The molecule has 5 rings (SSSR count). The number of thiophene rings is 1. The molecule has 132 valence electrons. The summed E-state index contributed by atoms with van der Waals surface area (Å²) in [7, 11) is 0. The van der Waals surface area contributed by atoms with Crippen LogP contribution in [0.5, 0.6) is 0 Å². The first-order chi connectivity index (χ1) is 12.0. The Balaban J connectivity index is 1.73. The summed E-state index contributed by atoms with van der Waals surface area (Å²) in [5.74, 6) is 0.611. The van der Waals surface area contributed by atoms with Crippen LogP contribution < -0.4 is 5.32 Å². The predicted octanol–water partition coefficient (Wildman–Crippen LogP) is 4.54. The molecule has 1 spiro atoms. The van der Waals surface area contributed by atoms with Crippen LogP contribution in [0.25, 0.3) is 0 Å². The monoisotopic (exact) mass is 354 g/mol. The van der Waals surface area contributed by atoms with Crippen LogP contribution in [0.1, 0.15) is 62.5 Å². The van der Waals surface area contributed by atoms with E-state index in [2.05, 4.69) is 32.2 Å². The molecule has 3 nitrogen and oxygen atoms in total. The van der Waals surface area contributed by atoms with Gasteiger partial charge in [0.15, 0.2) is 5.78 Å². The van der Waals surface area contributed by atoms with Gasteiger partial charge in [-0.15, -0.1) is 11.3 Å². The standard InChI is InChI=1S/C21H26N2OS/c1-11(2)14-10-21-9-12(3)22-19(21)18-13-6-4-5-7-16(13)25-20(18)23-17(21)8-15(14)24/h10-12,17,23H,4-9H2,1-3H3. The number of carbonyl (C=O) groups excluding carboxylic acids is 1. The number of aryl methyl sites for hydroxylation is 1. The molecule has 0 aromatic carbocycles. The number of ketones is 1. The lowest BCUT2D eigenvalue weighted by atomic mass is 9.63. The highest BCUT2D eigenvalue weighted by atomic mass is 32.1. The van der Waals surface area contributed by atoms with Crippen LogP contribution in [-0.2, 0) is 17.6 Å². The van der Waals surface area contributed by atoms with Crippen LogP contribution in [0.4, 0.5) is 5.00 Å². The summed E-state index contributed by atoms with van der Waals surface area (Å²) in [6.45, 7) is 6.52. The van der Waals surface area contributed by atoms with Crippen molar-refractivity contribution in [1.82, 2.24) is 0 Å². The molecule has 2 aliphatic heterocycles. The van der Waals surface area contributed by atoms with E-state index in [0.29, 0.717) is 18.2 Å². The number of allylic oxidation sites excluding steroid dienone is 1. The summed E-state index contributed by atoms with van der Waals surface area (Å²) >= 11 is 1.92. The fourth-order valence-corrected chi connectivity index (χ4v) is 6.74. The van der Waals surface area contributed by atoms with E-state index in [4.69, 9.17) is 4.99 Å². The number of fused-ring (bicyclic) bond motifs is 4. The molecule has 1 N–H and O–H groups in total. The van der Waals surface area contributed by atoms with Gasteiger partial charge in [-0.1, -0.05) is 19.9 Å². The molecule has 0 amide bonds. The fraction of sp³-hybridized carbons (Fsp3) is 0.619. The normalized spacial score (nSPS) is 33.0. The number of Topliss-reactive ketones (excluding diaryl/α,β-unsaturated/α-hetero) is 1. The van der Waals surface area contributed by atoms with Crippen molar-refractivity contribution in [2.45, 2.75) is 71.4 Å². The lowest BCUT2D eigenvalue weighted by Crippen LogP contribution is -2.51. The lowest BCUT2D eigenvalue weighted by molar-refractivity contribution is -0.117. The first-order valence-corrected chi connectivity index (χ1v) is 10.6. The highest BCUT2D eigenvalue weighted by molar-refractivity contribution is 7.16. The predicted molar refractivity (Wildman–Crippen MR) is 104 cm³/mol. The van der Waals surface area contributed by atoms with E-state index in [1.807, 2.05) is 11.3 Å². The number of nitrogens with one attached hydrogen (secondary N) is 1. The number of hydrogen-bond acceptors (Lipinski definition) is 4. The van der Waals surface area contributed by atoms with E-state index in [9.17, 15) is 4.79 Å². The third kappa shape index (κ3) is 2.09. The highest BCUT2D eigenvalue weighted by Gasteiger charge is 2.54. The van der Waals surface area contributed by atoms with Crippen LogP contribution >= 0.6 is 11.3 Å². The number of hydrogen-bond donors (Lipinski definition) is 1. The summed E-state index contributed by atoms with van der Waals surface area (Å²) in [5, 5.41) is 5.09. The number of carbonyl (C=O) groups is 1. The van der Waals surface area contributed by atoms with Gasteiger partial charge in [-0.25, -0.2) is 0 Å². The van der Waals surface area contributed by atoms with Crippen molar-refractivity contribution in [1.29, 1.82) is 0 Å². The lowest BCUT2D eigenvalue weighted by Gasteiger charge is -2.45. The molecular weight excluding hydrogens is 328 g/mol. The minimum atomic E-state index is -0.0772. The van der Waals surface area contributed by atoms with Crippen molar-refractivity contribution in [3.63, 3.8) is 0 Å². The molecular formula is C21H26N2OS.